The van der Waals surface area contributed by atoms with Crippen LogP contribution in [0.2, 0.25) is 0 Å². The van der Waals surface area contributed by atoms with Gasteiger partial charge in [0.15, 0.2) is 5.76 Å². The fourth-order valence-corrected chi connectivity index (χ4v) is 2.06. The van der Waals surface area contributed by atoms with Crippen LogP contribution in [0.3, 0.4) is 0 Å². The van der Waals surface area contributed by atoms with E-state index in [1.54, 1.807) is 0 Å². The number of nitrogens with one attached hydrogen (secondary N) is 1. The van der Waals surface area contributed by atoms with E-state index < -0.39 is 11.6 Å². The summed E-state index contributed by atoms with van der Waals surface area (Å²) >= 11 is 0. The zero-order chi connectivity index (χ0) is 16.8. The SMILES string of the molecule is CN(C)CCCNC(=O)Cc1cc(-c2ccc(F)cc2F)on1. The molecule has 0 aliphatic heterocycles. The van der Waals surface area contributed by atoms with E-state index in [-0.39, 0.29) is 23.7 Å². The van der Waals surface area contributed by atoms with Crippen LogP contribution in [-0.2, 0) is 11.2 Å². The minimum absolute atomic E-state index is 0.0499. The lowest BCUT2D eigenvalue weighted by molar-refractivity contribution is -0.120. The van der Waals surface area contributed by atoms with E-state index in [1.807, 2.05) is 19.0 Å². The summed E-state index contributed by atoms with van der Waals surface area (Å²) in [5.74, 6) is -1.41. The molecule has 0 atom stereocenters. The van der Waals surface area contributed by atoms with E-state index in [9.17, 15) is 13.6 Å². The van der Waals surface area contributed by atoms with Crippen molar-refractivity contribution < 1.29 is 18.1 Å². The lowest BCUT2D eigenvalue weighted by atomic mass is 10.1. The Bertz CT molecular complexity index is 671. The van der Waals surface area contributed by atoms with Crippen molar-refractivity contribution in [3.8, 4) is 11.3 Å². The molecule has 2 aromatic rings. The van der Waals surface area contributed by atoms with Gasteiger partial charge < -0.3 is 14.7 Å². The van der Waals surface area contributed by atoms with Gasteiger partial charge in [0.05, 0.1) is 17.7 Å². The quantitative estimate of drug-likeness (QED) is 0.794. The van der Waals surface area contributed by atoms with Gasteiger partial charge in [-0.15, -0.1) is 0 Å². The van der Waals surface area contributed by atoms with Gasteiger partial charge in [-0.2, -0.15) is 0 Å². The second-order valence-electron chi connectivity index (χ2n) is 5.49. The average molecular weight is 323 g/mol. The van der Waals surface area contributed by atoms with Crippen LogP contribution in [-0.4, -0.2) is 43.1 Å². The first kappa shape index (κ1) is 17.1. The molecule has 1 aromatic carbocycles. The van der Waals surface area contributed by atoms with E-state index >= 15 is 0 Å². The summed E-state index contributed by atoms with van der Waals surface area (Å²) in [6, 6.07) is 4.67. The average Bonchev–Trinajstić information content (AvgIpc) is 2.91. The molecule has 0 spiro atoms. The van der Waals surface area contributed by atoms with E-state index in [4.69, 9.17) is 4.52 Å². The third-order valence-corrected chi connectivity index (χ3v) is 3.20. The van der Waals surface area contributed by atoms with E-state index in [2.05, 4.69) is 10.5 Å². The summed E-state index contributed by atoms with van der Waals surface area (Å²) in [4.78, 5) is 13.8. The summed E-state index contributed by atoms with van der Waals surface area (Å²) in [5.41, 5.74) is 0.505. The third-order valence-electron chi connectivity index (χ3n) is 3.20. The van der Waals surface area contributed by atoms with Crippen LogP contribution in [0.4, 0.5) is 8.78 Å². The molecule has 0 saturated heterocycles. The van der Waals surface area contributed by atoms with Crippen molar-refractivity contribution in [3.63, 3.8) is 0 Å². The maximum absolute atomic E-state index is 13.7. The molecule has 124 valence electrons. The zero-order valence-electron chi connectivity index (χ0n) is 13.1. The van der Waals surface area contributed by atoms with Gasteiger partial charge >= 0.3 is 0 Å². The van der Waals surface area contributed by atoms with Gasteiger partial charge in [0, 0.05) is 18.7 Å². The highest BCUT2D eigenvalue weighted by atomic mass is 19.1. The molecule has 2 rings (SSSR count). The second-order valence-corrected chi connectivity index (χ2v) is 5.49. The molecule has 0 aliphatic rings. The van der Waals surface area contributed by atoms with Crippen LogP contribution in [0, 0.1) is 11.6 Å². The van der Waals surface area contributed by atoms with Crippen molar-refractivity contribution in [2.45, 2.75) is 12.8 Å². The van der Waals surface area contributed by atoms with Gasteiger partial charge in [-0.3, -0.25) is 4.79 Å². The van der Waals surface area contributed by atoms with Crippen molar-refractivity contribution in [1.29, 1.82) is 0 Å². The van der Waals surface area contributed by atoms with Crippen LogP contribution in [0.5, 0.6) is 0 Å². The predicted octanol–water partition coefficient (Wildman–Crippen LogP) is 2.23. The molecule has 1 aromatic heterocycles. The van der Waals surface area contributed by atoms with Crippen molar-refractivity contribution in [1.82, 2.24) is 15.4 Å². The van der Waals surface area contributed by atoms with Gasteiger partial charge in [0.25, 0.3) is 0 Å². The number of amides is 1. The van der Waals surface area contributed by atoms with Gasteiger partial charge in [0.2, 0.25) is 5.91 Å². The minimum atomic E-state index is -0.735. The predicted molar refractivity (Wildman–Crippen MR) is 81.7 cm³/mol. The fourth-order valence-electron chi connectivity index (χ4n) is 2.06. The molecule has 0 radical (unpaired) electrons. The third kappa shape index (κ3) is 5.14. The summed E-state index contributed by atoms with van der Waals surface area (Å²) in [7, 11) is 3.93. The normalized spacial score (nSPS) is 11.0. The van der Waals surface area contributed by atoms with E-state index in [0.717, 1.165) is 25.1 Å². The smallest absolute Gasteiger partial charge is 0.226 e. The molecule has 1 amide bonds. The topological polar surface area (TPSA) is 58.4 Å². The molecule has 5 nitrogen and oxygen atoms in total. The van der Waals surface area contributed by atoms with Crippen LogP contribution in [0.1, 0.15) is 12.1 Å². The number of carbonyl (C=O) groups is 1. The van der Waals surface area contributed by atoms with Crippen LogP contribution in [0.25, 0.3) is 11.3 Å². The lowest BCUT2D eigenvalue weighted by Crippen LogP contribution is -2.28. The number of hydrogen-bond acceptors (Lipinski definition) is 4. The van der Waals surface area contributed by atoms with Crippen LogP contribution < -0.4 is 5.32 Å². The molecule has 0 fully saturated rings. The molecular formula is C16H19F2N3O2. The maximum Gasteiger partial charge on any atom is 0.226 e. The Morgan fingerprint density at radius 1 is 1.30 bits per heavy atom. The highest BCUT2D eigenvalue weighted by Gasteiger charge is 2.14. The molecule has 7 heteroatoms. The molecule has 0 bridgehead atoms. The van der Waals surface area contributed by atoms with E-state index in [0.29, 0.717) is 12.2 Å². The van der Waals surface area contributed by atoms with Crippen molar-refractivity contribution in [2.24, 2.45) is 0 Å². The Labute approximate surface area is 133 Å². The highest BCUT2D eigenvalue weighted by Crippen LogP contribution is 2.24. The standard InChI is InChI=1S/C16H19F2N3O2/c1-21(2)7-3-6-19-16(22)10-12-9-15(23-20-12)13-5-4-11(17)8-14(13)18/h4-5,8-9H,3,6-7,10H2,1-2H3,(H,19,22). The van der Waals surface area contributed by atoms with Crippen molar-refractivity contribution >= 4 is 5.91 Å². The number of benzene rings is 1. The Balaban J connectivity index is 1.90. The second kappa shape index (κ2) is 7.82. The molecule has 1 heterocycles. The molecular weight excluding hydrogens is 304 g/mol. The number of rotatable bonds is 7. The van der Waals surface area contributed by atoms with Gasteiger partial charge in [-0.1, -0.05) is 5.16 Å². The first-order valence-corrected chi connectivity index (χ1v) is 7.28. The molecule has 0 saturated carbocycles. The summed E-state index contributed by atoms with van der Waals surface area (Å²) < 4.78 is 31.6. The Morgan fingerprint density at radius 3 is 2.78 bits per heavy atom. The summed E-state index contributed by atoms with van der Waals surface area (Å²) in [6.07, 6.45) is 0.901. The summed E-state index contributed by atoms with van der Waals surface area (Å²) in [6.45, 7) is 1.46. The number of hydrogen-bond donors (Lipinski definition) is 1. The highest BCUT2D eigenvalue weighted by molar-refractivity contribution is 5.78. The number of halogens is 2. The van der Waals surface area contributed by atoms with E-state index in [1.165, 1.54) is 12.1 Å². The molecule has 23 heavy (non-hydrogen) atoms. The zero-order valence-corrected chi connectivity index (χ0v) is 13.1. The fraction of sp³-hybridized carbons (Fsp3) is 0.375. The largest absolute Gasteiger partial charge is 0.356 e. The monoisotopic (exact) mass is 323 g/mol. The Kier molecular flexibility index (Phi) is 5.81. The first-order valence-electron chi connectivity index (χ1n) is 7.28. The van der Waals surface area contributed by atoms with Gasteiger partial charge in [-0.05, 0) is 39.2 Å². The first-order chi connectivity index (χ1) is 11.0. The van der Waals surface area contributed by atoms with Gasteiger partial charge in [0.1, 0.15) is 11.6 Å². The number of nitrogens with zero attached hydrogens (tertiary/aromatic N) is 2. The number of carbonyl (C=O) groups excluding carboxylic acids is 1. The maximum atomic E-state index is 13.7. The van der Waals surface area contributed by atoms with Gasteiger partial charge in [-0.25, -0.2) is 8.78 Å². The minimum Gasteiger partial charge on any atom is -0.356 e. The Hall–Kier alpha value is -2.28. The molecule has 0 aliphatic carbocycles. The van der Waals surface area contributed by atoms with Crippen LogP contribution in [0.15, 0.2) is 28.8 Å². The van der Waals surface area contributed by atoms with Crippen molar-refractivity contribution in [2.75, 3.05) is 27.2 Å². The molecule has 1 N–H and O–H groups in total. The molecule has 0 unspecified atom stereocenters. The number of aromatic nitrogens is 1. The summed E-state index contributed by atoms with van der Waals surface area (Å²) in [5, 5.41) is 6.53. The lowest BCUT2D eigenvalue weighted by Gasteiger charge is -2.09. The Morgan fingerprint density at radius 2 is 2.09 bits per heavy atom. The van der Waals surface area contributed by atoms with Crippen LogP contribution >= 0.6 is 0 Å². The van der Waals surface area contributed by atoms with Crippen molar-refractivity contribution in [3.05, 3.63) is 41.6 Å².